The van der Waals surface area contributed by atoms with Gasteiger partial charge in [0.25, 0.3) is 20.0 Å². The van der Waals surface area contributed by atoms with Gasteiger partial charge in [-0.2, -0.15) is 20.5 Å². The van der Waals surface area contributed by atoms with Crippen LogP contribution in [-0.2, 0) is 20.0 Å². The lowest BCUT2D eigenvalue weighted by atomic mass is 10.2. The third-order valence-corrected chi connectivity index (χ3v) is 12.2. The molecule has 1 aromatic carbocycles. The van der Waals surface area contributed by atoms with Gasteiger partial charge in [-0.3, -0.25) is 4.98 Å². The summed E-state index contributed by atoms with van der Waals surface area (Å²) in [6, 6.07) is 14.1. The van der Waals surface area contributed by atoms with Gasteiger partial charge in [-0.05, 0) is 68.3 Å². The van der Waals surface area contributed by atoms with E-state index >= 15 is 0 Å². The van der Waals surface area contributed by atoms with Crippen molar-refractivity contribution in [3.8, 4) is 0 Å². The molecule has 0 aliphatic carbocycles. The minimum absolute atomic E-state index is 0.0304. The summed E-state index contributed by atoms with van der Waals surface area (Å²) in [7, 11) is -8.87. The molecule has 4 aromatic rings. The standard InChI is InChI=1S/C17H10Br2N2O4S4/c18-13-6-8-15(26-13)28(22,23)21(29(24,25)16-9-7-14(19)27-16)12-5-1-3-11-4-2-10-20-17(11)12/h1-10H. The minimum Gasteiger partial charge on any atom is -0.254 e. The molecule has 150 valence electrons. The van der Waals surface area contributed by atoms with Gasteiger partial charge in [0.15, 0.2) is 0 Å². The lowest BCUT2D eigenvalue weighted by molar-refractivity contribution is 0.586. The SMILES string of the molecule is O=S(=O)(c1ccc(Br)s1)N(c1cccc2cccnc12)S(=O)(=O)c1ccc(Br)s1. The molecule has 0 aliphatic heterocycles. The molecule has 6 nitrogen and oxygen atoms in total. The molecule has 0 bridgehead atoms. The maximum Gasteiger partial charge on any atom is 0.287 e. The number of sulfonamides is 2. The number of anilines is 1. The predicted octanol–water partition coefficient (Wildman–Crippen LogP) is 5.47. The van der Waals surface area contributed by atoms with Gasteiger partial charge in [0.2, 0.25) is 0 Å². The van der Waals surface area contributed by atoms with Crippen LogP contribution in [0.25, 0.3) is 10.9 Å². The molecule has 3 aromatic heterocycles. The van der Waals surface area contributed by atoms with Crippen molar-refractivity contribution in [3.05, 3.63) is 68.4 Å². The Labute approximate surface area is 192 Å². The fourth-order valence-electron chi connectivity index (χ4n) is 2.66. The van der Waals surface area contributed by atoms with Gasteiger partial charge in [0, 0.05) is 11.6 Å². The Morgan fingerprint density at radius 3 is 1.83 bits per heavy atom. The topological polar surface area (TPSA) is 84.4 Å². The van der Waals surface area contributed by atoms with Crippen LogP contribution >= 0.6 is 54.5 Å². The Kier molecular flexibility index (Phi) is 5.59. The molecule has 0 radical (unpaired) electrons. The molecule has 12 heteroatoms. The van der Waals surface area contributed by atoms with Crippen LogP contribution in [0.3, 0.4) is 0 Å². The maximum atomic E-state index is 13.5. The summed E-state index contributed by atoms with van der Waals surface area (Å²) in [6.45, 7) is 0. The molecule has 29 heavy (non-hydrogen) atoms. The Hall–Kier alpha value is -1.31. The molecule has 0 unspecified atom stereocenters. The normalized spacial score (nSPS) is 12.3. The van der Waals surface area contributed by atoms with Crippen molar-refractivity contribution >= 4 is 91.2 Å². The van der Waals surface area contributed by atoms with E-state index in [-0.39, 0.29) is 19.6 Å². The first kappa shape index (κ1) is 20.9. The second-order valence-corrected chi connectivity index (χ2v) is 14.9. The molecule has 0 spiro atoms. The number of hydrogen-bond donors (Lipinski definition) is 0. The molecule has 0 saturated carbocycles. The Morgan fingerprint density at radius 2 is 1.31 bits per heavy atom. The van der Waals surface area contributed by atoms with Crippen LogP contribution in [0.2, 0.25) is 0 Å². The summed E-state index contributed by atoms with van der Waals surface area (Å²) < 4.78 is 55.5. The zero-order valence-corrected chi connectivity index (χ0v) is 20.6. The minimum atomic E-state index is -4.44. The summed E-state index contributed by atoms with van der Waals surface area (Å²) in [5.74, 6) is 0. The molecular weight excluding hydrogens is 584 g/mol. The third kappa shape index (κ3) is 3.77. The van der Waals surface area contributed by atoms with Gasteiger partial charge in [-0.15, -0.1) is 22.7 Å². The lowest BCUT2D eigenvalue weighted by Gasteiger charge is -2.23. The fourth-order valence-corrected chi connectivity index (χ4v) is 10.8. The van der Waals surface area contributed by atoms with E-state index in [1.54, 1.807) is 36.4 Å². The number of thiophene rings is 2. The first-order valence-corrected chi connectivity index (χ1v) is 14.0. The number of para-hydroxylation sites is 1. The largest absolute Gasteiger partial charge is 0.287 e. The van der Waals surface area contributed by atoms with Crippen molar-refractivity contribution in [1.29, 1.82) is 0 Å². The number of aromatic nitrogens is 1. The van der Waals surface area contributed by atoms with E-state index in [1.165, 1.54) is 24.4 Å². The van der Waals surface area contributed by atoms with Crippen LogP contribution in [0.1, 0.15) is 0 Å². The van der Waals surface area contributed by atoms with Gasteiger partial charge in [-0.25, -0.2) is 0 Å². The molecule has 0 N–H and O–H groups in total. The van der Waals surface area contributed by atoms with Crippen molar-refractivity contribution in [2.24, 2.45) is 0 Å². The number of benzene rings is 1. The summed E-state index contributed by atoms with van der Waals surface area (Å²) >= 11 is 8.35. The molecule has 0 amide bonds. The van der Waals surface area contributed by atoms with E-state index in [0.29, 0.717) is 16.7 Å². The number of halogens is 2. The zero-order chi connectivity index (χ0) is 20.8. The van der Waals surface area contributed by atoms with Crippen molar-refractivity contribution in [1.82, 2.24) is 4.98 Å². The van der Waals surface area contributed by atoms with E-state index in [1.807, 2.05) is 0 Å². The molecule has 3 heterocycles. The highest BCUT2D eigenvalue weighted by Gasteiger charge is 2.39. The highest BCUT2D eigenvalue weighted by Crippen LogP contribution is 2.39. The van der Waals surface area contributed by atoms with Gasteiger partial charge >= 0.3 is 0 Å². The number of fused-ring (bicyclic) bond motifs is 1. The third-order valence-electron chi connectivity index (χ3n) is 3.85. The van der Waals surface area contributed by atoms with Gasteiger partial charge < -0.3 is 0 Å². The molecule has 4 rings (SSSR count). The van der Waals surface area contributed by atoms with E-state index in [9.17, 15) is 16.8 Å². The van der Waals surface area contributed by atoms with Crippen molar-refractivity contribution in [2.75, 3.05) is 3.71 Å². The van der Waals surface area contributed by atoms with Crippen LogP contribution in [-0.4, -0.2) is 21.8 Å². The first-order valence-electron chi connectivity index (χ1n) is 7.86. The summed E-state index contributed by atoms with van der Waals surface area (Å²) in [6.07, 6.45) is 1.49. The summed E-state index contributed by atoms with van der Waals surface area (Å²) in [5, 5.41) is 0.625. The van der Waals surface area contributed by atoms with Crippen LogP contribution in [0.4, 0.5) is 5.69 Å². The second kappa shape index (κ2) is 7.75. The van der Waals surface area contributed by atoms with Crippen LogP contribution in [0.15, 0.2) is 76.8 Å². The van der Waals surface area contributed by atoms with Gasteiger partial charge in [0.1, 0.15) is 8.42 Å². The smallest absolute Gasteiger partial charge is 0.254 e. The summed E-state index contributed by atoms with van der Waals surface area (Å²) in [5.41, 5.74) is 0.241. The molecule has 0 saturated heterocycles. The average Bonchev–Trinajstić information content (AvgIpc) is 3.31. The van der Waals surface area contributed by atoms with Gasteiger partial charge in [-0.1, -0.05) is 18.2 Å². The highest BCUT2D eigenvalue weighted by atomic mass is 79.9. The van der Waals surface area contributed by atoms with Gasteiger partial charge in [0.05, 0.1) is 18.8 Å². The highest BCUT2D eigenvalue weighted by molar-refractivity contribution is 9.11. The fraction of sp³-hybridized carbons (Fsp3) is 0. The van der Waals surface area contributed by atoms with Crippen LogP contribution in [0.5, 0.6) is 0 Å². The van der Waals surface area contributed by atoms with E-state index in [0.717, 1.165) is 22.7 Å². The Bertz CT molecular complexity index is 1350. The average molecular weight is 594 g/mol. The maximum absolute atomic E-state index is 13.5. The number of hydrogen-bond acceptors (Lipinski definition) is 7. The molecular formula is C17H10Br2N2O4S4. The van der Waals surface area contributed by atoms with Crippen molar-refractivity contribution < 1.29 is 16.8 Å². The second-order valence-electron chi connectivity index (χ2n) is 5.68. The number of pyridine rings is 1. The Morgan fingerprint density at radius 1 is 0.759 bits per heavy atom. The van der Waals surface area contributed by atoms with E-state index in [2.05, 4.69) is 36.8 Å². The molecule has 0 fully saturated rings. The summed E-state index contributed by atoms with van der Waals surface area (Å²) in [4.78, 5) is 4.24. The zero-order valence-electron chi connectivity index (χ0n) is 14.2. The van der Waals surface area contributed by atoms with Crippen LogP contribution in [0, 0.1) is 0 Å². The quantitative estimate of drug-likeness (QED) is 0.306. The molecule has 0 aliphatic rings. The number of nitrogens with zero attached hydrogens (tertiary/aromatic N) is 2. The van der Waals surface area contributed by atoms with Crippen molar-refractivity contribution in [2.45, 2.75) is 8.42 Å². The van der Waals surface area contributed by atoms with Crippen molar-refractivity contribution in [3.63, 3.8) is 0 Å². The molecule has 0 atom stereocenters. The Balaban J connectivity index is 2.05. The van der Waals surface area contributed by atoms with E-state index in [4.69, 9.17) is 0 Å². The monoisotopic (exact) mass is 592 g/mol. The predicted molar refractivity (Wildman–Crippen MR) is 123 cm³/mol. The number of rotatable bonds is 5. The van der Waals surface area contributed by atoms with E-state index < -0.39 is 20.0 Å². The lowest BCUT2D eigenvalue weighted by Crippen LogP contribution is -2.36. The first-order chi connectivity index (χ1) is 13.7. The van der Waals surface area contributed by atoms with Crippen LogP contribution < -0.4 is 3.71 Å².